The lowest BCUT2D eigenvalue weighted by Gasteiger charge is -2.03. The van der Waals surface area contributed by atoms with Crippen molar-refractivity contribution >= 4 is 10.9 Å². The van der Waals surface area contributed by atoms with Crippen LogP contribution in [-0.2, 0) is 13.5 Å². The molecule has 2 aromatic rings. The molecule has 0 amide bonds. The van der Waals surface area contributed by atoms with E-state index in [2.05, 4.69) is 31.1 Å². The number of hydrogen-bond acceptors (Lipinski definition) is 1. The normalized spacial score (nSPS) is 11.0. The second-order valence-electron chi connectivity index (χ2n) is 3.46. The molecule has 0 aliphatic rings. The van der Waals surface area contributed by atoms with Gasteiger partial charge in [-0.05, 0) is 36.6 Å². The van der Waals surface area contributed by atoms with E-state index in [-0.39, 0.29) is 0 Å². The topological polar surface area (TPSA) is 17.8 Å². The first-order valence-corrected chi connectivity index (χ1v) is 4.63. The summed E-state index contributed by atoms with van der Waals surface area (Å²) in [5.41, 5.74) is 4.00. The minimum atomic E-state index is 1.09. The summed E-state index contributed by atoms with van der Waals surface area (Å²) in [5.74, 6) is 0. The zero-order valence-corrected chi connectivity index (χ0v) is 8.33. The van der Waals surface area contributed by atoms with E-state index in [4.69, 9.17) is 0 Å². The van der Waals surface area contributed by atoms with Crippen LogP contribution in [0.3, 0.4) is 0 Å². The van der Waals surface area contributed by atoms with Crippen LogP contribution in [0.2, 0.25) is 0 Å². The van der Waals surface area contributed by atoms with Crippen molar-refractivity contribution in [2.45, 2.75) is 20.3 Å². The predicted molar refractivity (Wildman–Crippen MR) is 54.8 cm³/mol. The molecular formula is C11H14N2. The summed E-state index contributed by atoms with van der Waals surface area (Å²) >= 11 is 0. The maximum Gasteiger partial charge on any atom is 0.0681 e. The van der Waals surface area contributed by atoms with E-state index in [1.54, 1.807) is 0 Å². The Labute approximate surface area is 78.2 Å². The average Bonchev–Trinajstić information content (AvgIpc) is 2.46. The van der Waals surface area contributed by atoms with Gasteiger partial charge >= 0.3 is 0 Å². The monoisotopic (exact) mass is 174 g/mol. The van der Waals surface area contributed by atoms with Gasteiger partial charge in [-0.2, -0.15) is 5.10 Å². The van der Waals surface area contributed by atoms with Crippen LogP contribution in [0.5, 0.6) is 0 Å². The van der Waals surface area contributed by atoms with Gasteiger partial charge in [-0.3, -0.25) is 4.68 Å². The SMILES string of the molecule is CCc1cc2c(cnn2C)cc1C. The van der Waals surface area contributed by atoms with Gasteiger partial charge in [0.2, 0.25) is 0 Å². The Bertz CT molecular complexity index is 441. The van der Waals surface area contributed by atoms with Gasteiger partial charge in [0.15, 0.2) is 0 Å². The lowest BCUT2D eigenvalue weighted by atomic mass is 10.0. The molecule has 1 aromatic carbocycles. The molecule has 2 rings (SSSR count). The fourth-order valence-corrected chi connectivity index (χ4v) is 1.74. The second-order valence-corrected chi connectivity index (χ2v) is 3.46. The molecule has 0 radical (unpaired) electrons. The van der Waals surface area contributed by atoms with Crippen LogP contribution in [0.1, 0.15) is 18.1 Å². The molecule has 1 aromatic heterocycles. The maximum atomic E-state index is 4.23. The molecule has 0 fully saturated rings. The lowest BCUT2D eigenvalue weighted by Crippen LogP contribution is -1.91. The highest BCUT2D eigenvalue weighted by molar-refractivity contribution is 5.80. The standard InChI is InChI=1S/C11H14N2/c1-4-9-6-11-10(5-8(9)2)7-12-13(11)3/h5-7H,4H2,1-3H3. The number of hydrogen-bond donors (Lipinski definition) is 0. The molecule has 0 N–H and O–H groups in total. The smallest absolute Gasteiger partial charge is 0.0681 e. The third-order valence-electron chi connectivity index (χ3n) is 2.58. The molecular weight excluding hydrogens is 160 g/mol. The number of rotatable bonds is 1. The molecule has 0 aliphatic carbocycles. The fraction of sp³-hybridized carbons (Fsp3) is 0.364. The van der Waals surface area contributed by atoms with Gasteiger partial charge < -0.3 is 0 Å². The van der Waals surface area contributed by atoms with Crippen molar-refractivity contribution in [1.82, 2.24) is 9.78 Å². The summed E-state index contributed by atoms with van der Waals surface area (Å²) in [5, 5.41) is 5.46. The summed E-state index contributed by atoms with van der Waals surface area (Å²) in [4.78, 5) is 0. The van der Waals surface area contributed by atoms with Crippen molar-refractivity contribution in [3.8, 4) is 0 Å². The molecule has 0 unspecified atom stereocenters. The Morgan fingerprint density at radius 3 is 2.85 bits per heavy atom. The van der Waals surface area contributed by atoms with Crippen molar-refractivity contribution in [1.29, 1.82) is 0 Å². The van der Waals surface area contributed by atoms with Gasteiger partial charge in [-0.15, -0.1) is 0 Å². The highest BCUT2D eigenvalue weighted by Crippen LogP contribution is 2.19. The maximum absolute atomic E-state index is 4.23. The van der Waals surface area contributed by atoms with Crippen molar-refractivity contribution < 1.29 is 0 Å². The molecule has 0 saturated heterocycles. The van der Waals surface area contributed by atoms with E-state index in [1.165, 1.54) is 22.0 Å². The van der Waals surface area contributed by atoms with Crippen molar-refractivity contribution in [2.24, 2.45) is 7.05 Å². The fourth-order valence-electron chi connectivity index (χ4n) is 1.74. The minimum absolute atomic E-state index is 1.09. The van der Waals surface area contributed by atoms with E-state index >= 15 is 0 Å². The molecule has 68 valence electrons. The van der Waals surface area contributed by atoms with Crippen LogP contribution < -0.4 is 0 Å². The molecule has 0 bridgehead atoms. The number of benzene rings is 1. The number of fused-ring (bicyclic) bond motifs is 1. The van der Waals surface area contributed by atoms with Crippen molar-refractivity contribution in [3.05, 3.63) is 29.5 Å². The number of nitrogens with zero attached hydrogens (tertiary/aromatic N) is 2. The highest BCUT2D eigenvalue weighted by atomic mass is 15.2. The molecule has 0 atom stereocenters. The number of aromatic nitrogens is 2. The highest BCUT2D eigenvalue weighted by Gasteiger charge is 2.02. The third-order valence-corrected chi connectivity index (χ3v) is 2.58. The van der Waals surface area contributed by atoms with E-state index in [9.17, 15) is 0 Å². The molecule has 2 nitrogen and oxygen atoms in total. The van der Waals surface area contributed by atoms with Gasteiger partial charge in [0.25, 0.3) is 0 Å². The summed E-state index contributed by atoms with van der Waals surface area (Å²) in [7, 11) is 1.98. The van der Waals surface area contributed by atoms with Crippen molar-refractivity contribution in [2.75, 3.05) is 0 Å². The Kier molecular flexibility index (Phi) is 1.83. The van der Waals surface area contributed by atoms with E-state index in [0.717, 1.165) is 6.42 Å². The quantitative estimate of drug-likeness (QED) is 0.649. The Morgan fingerprint density at radius 2 is 2.15 bits per heavy atom. The summed E-state index contributed by atoms with van der Waals surface area (Å²) in [6.07, 6.45) is 3.01. The molecule has 0 saturated carbocycles. The van der Waals surface area contributed by atoms with Crippen LogP contribution in [0, 0.1) is 6.92 Å². The largest absolute Gasteiger partial charge is 0.268 e. The summed E-state index contributed by atoms with van der Waals surface area (Å²) < 4.78 is 1.92. The van der Waals surface area contributed by atoms with Crippen LogP contribution in [-0.4, -0.2) is 9.78 Å². The van der Waals surface area contributed by atoms with E-state index in [0.29, 0.717) is 0 Å². The Balaban J connectivity index is 2.77. The molecule has 1 heterocycles. The molecule has 0 spiro atoms. The second kappa shape index (κ2) is 2.87. The van der Waals surface area contributed by atoms with Gasteiger partial charge in [0.1, 0.15) is 0 Å². The van der Waals surface area contributed by atoms with Crippen LogP contribution in [0.25, 0.3) is 10.9 Å². The molecule has 13 heavy (non-hydrogen) atoms. The lowest BCUT2D eigenvalue weighted by molar-refractivity contribution is 0.796. The van der Waals surface area contributed by atoms with Crippen LogP contribution in [0.4, 0.5) is 0 Å². The molecule has 2 heteroatoms. The average molecular weight is 174 g/mol. The van der Waals surface area contributed by atoms with Gasteiger partial charge in [0, 0.05) is 12.4 Å². The third kappa shape index (κ3) is 1.22. The molecule has 0 aliphatic heterocycles. The van der Waals surface area contributed by atoms with E-state index < -0.39 is 0 Å². The summed E-state index contributed by atoms with van der Waals surface area (Å²) in [6.45, 7) is 4.34. The van der Waals surface area contributed by atoms with Gasteiger partial charge in [0.05, 0.1) is 11.7 Å². The minimum Gasteiger partial charge on any atom is -0.268 e. The predicted octanol–water partition coefficient (Wildman–Crippen LogP) is 2.44. The Morgan fingerprint density at radius 1 is 1.38 bits per heavy atom. The van der Waals surface area contributed by atoms with Crippen LogP contribution >= 0.6 is 0 Å². The first-order chi connectivity index (χ1) is 6.22. The van der Waals surface area contributed by atoms with Gasteiger partial charge in [-0.1, -0.05) is 6.92 Å². The van der Waals surface area contributed by atoms with Gasteiger partial charge in [-0.25, -0.2) is 0 Å². The van der Waals surface area contributed by atoms with E-state index in [1.807, 2.05) is 17.9 Å². The Hall–Kier alpha value is -1.31. The summed E-state index contributed by atoms with van der Waals surface area (Å²) in [6, 6.07) is 4.44. The zero-order chi connectivity index (χ0) is 9.42. The number of aryl methyl sites for hydroxylation is 3. The zero-order valence-electron chi connectivity index (χ0n) is 8.33. The van der Waals surface area contributed by atoms with Crippen molar-refractivity contribution in [3.63, 3.8) is 0 Å². The van der Waals surface area contributed by atoms with Crippen LogP contribution in [0.15, 0.2) is 18.3 Å². The first kappa shape index (κ1) is 8.30. The first-order valence-electron chi connectivity index (χ1n) is 4.63.